The van der Waals surface area contributed by atoms with Crippen LogP contribution in [-0.4, -0.2) is 40.4 Å². The summed E-state index contributed by atoms with van der Waals surface area (Å²) < 4.78 is 24.4. The maximum Gasteiger partial charge on any atom is 0.341 e. The van der Waals surface area contributed by atoms with E-state index in [9.17, 15) is 9.18 Å². The number of hydrogen-bond acceptors (Lipinski definition) is 7. The minimum Gasteiger partial charge on any atom is -0.479 e. The van der Waals surface area contributed by atoms with Gasteiger partial charge in [0.2, 0.25) is 11.8 Å². The van der Waals surface area contributed by atoms with Gasteiger partial charge in [-0.25, -0.2) is 14.2 Å². The van der Waals surface area contributed by atoms with Crippen LogP contribution >= 0.6 is 11.6 Å². The molecule has 8 nitrogen and oxygen atoms in total. The molecule has 10 heteroatoms. The molecule has 0 saturated carbocycles. The number of hydrogen-bond donors (Lipinski definition) is 2. The first-order chi connectivity index (χ1) is 14.2. The molecule has 0 spiro atoms. The monoisotopic (exact) mass is 437 g/mol. The molecular weight excluding hydrogens is 417 g/mol. The standard InChI is InChI=1S/C20H21ClFN3O5/c1-4-11(2)29-20-15(21)7-14(9-24-20)19(23)30-25-12(3)13-5-6-17(16(22)8-13)28-10-18(26)27/h5-9,11,23H,4,10H2,1-3H3,(H,26,27)/b23-19?,25-12+. The fourth-order valence-electron chi connectivity index (χ4n) is 2.11. The number of pyridine rings is 1. The van der Waals surface area contributed by atoms with Crippen molar-refractivity contribution in [3.8, 4) is 11.6 Å². The average molecular weight is 438 g/mol. The number of benzene rings is 1. The van der Waals surface area contributed by atoms with E-state index < -0.39 is 18.4 Å². The predicted octanol–water partition coefficient (Wildman–Crippen LogP) is 4.28. The lowest BCUT2D eigenvalue weighted by atomic mass is 10.1. The highest BCUT2D eigenvalue weighted by Gasteiger charge is 2.13. The number of aromatic nitrogens is 1. The van der Waals surface area contributed by atoms with E-state index in [2.05, 4.69) is 10.1 Å². The molecule has 0 aliphatic heterocycles. The van der Waals surface area contributed by atoms with Crippen molar-refractivity contribution in [3.05, 3.63) is 52.4 Å². The first-order valence-electron chi connectivity index (χ1n) is 8.98. The van der Waals surface area contributed by atoms with Gasteiger partial charge in [-0.2, -0.15) is 0 Å². The van der Waals surface area contributed by atoms with Crippen LogP contribution < -0.4 is 9.47 Å². The summed E-state index contributed by atoms with van der Waals surface area (Å²) in [6.07, 6.45) is 2.12. The number of carboxylic acid groups (broad SMARTS) is 1. The van der Waals surface area contributed by atoms with Crippen molar-refractivity contribution in [1.82, 2.24) is 4.98 Å². The zero-order chi connectivity index (χ0) is 22.3. The van der Waals surface area contributed by atoms with E-state index in [0.717, 1.165) is 12.5 Å². The molecule has 0 fully saturated rings. The summed E-state index contributed by atoms with van der Waals surface area (Å²) in [6, 6.07) is 5.39. The molecule has 1 aromatic heterocycles. The van der Waals surface area contributed by atoms with Gasteiger partial charge in [0.25, 0.3) is 0 Å². The summed E-state index contributed by atoms with van der Waals surface area (Å²) in [6.45, 7) is 4.77. The molecule has 0 bridgehead atoms. The van der Waals surface area contributed by atoms with Gasteiger partial charge in [0.15, 0.2) is 18.2 Å². The summed E-state index contributed by atoms with van der Waals surface area (Å²) in [7, 11) is 0. The Hall–Kier alpha value is -3.20. The lowest BCUT2D eigenvalue weighted by molar-refractivity contribution is -0.139. The summed E-state index contributed by atoms with van der Waals surface area (Å²) in [5.74, 6) is -2.19. The van der Waals surface area contributed by atoms with Gasteiger partial charge < -0.3 is 19.4 Å². The van der Waals surface area contributed by atoms with Crippen LogP contribution in [0.25, 0.3) is 0 Å². The first kappa shape index (κ1) is 23.1. The summed E-state index contributed by atoms with van der Waals surface area (Å²) >= 11 is 6.14. The zero-order valence-corrected chi connectivity index (χ0v) is 17.4. The highest BCUT2D eigenvalue weighted by atomic mass is 35.5. The van der Waals surface area contributed by atoms with Gasteiger partial charge in [0.05, 0.1) is 17.4 Å². The lowest BCUT2D eigenvalue weighted by Gasteiger charge is -2.13. The molecule has 1 atom stereocenters. The van der Waals surface area contributed by atoms with Gasteiger partial charge >= 0.3 is 5.97 Å². The van der Waals surface area contributed by atoms with Gasteiger partial charge in [-0.3, -0.25) is 5.41 Å². The Morgan fingerprint density at radius 1 is 1.37 bits per heavy atom. The smallest absolute Gasteiger partial charge is 0.341 e. The Bertz CT molecular complexity index is 967. The SMILES string of the molecule is CCC(C)Oc1ncc(C(=N)O/N=C(\C)c2ccc(OCC(=O)O)c(F)c2)cc1Cl. The average Bonchev–Trinajstić information content (AvgIpc) is 2.71. The van der Waals surface area contributed by atoms with Crippen LogP contribution in [0.1, 0.15) is 38.3 Å². The second-order valence-corrected chi connectivity index (χ2v) is 6.68. The maximum absolute atomic E-state index is 14.0. The van der Waals surface area contributed by atoms with E-state index in [1.807, 2.05) is 13.8 Å². The first-order valence-corrected chi connectivity index (χ1v) is 9.36. The molecule has 160 valence electrons. The molecular formula is C20H21ClFN3O5. The molecule has 1 heterocycles. The molecule has 0 aliphatic rings. The highest BCUT2D eigenvalue weighted by molar-refractivity contribution is 6.32. The third-order valence-corrected chi connectivity index (χ3v) is 4.20. The van der Waals surface area contributed by atoms with Crippen LogP contribution in [0.2, 0.25) is 5.02 Å². The number of carbonyl (C=O) groups is 1. The highest BCUT2D eigenvalue weighted by Crippen LogP contribution is 2.24. The maximum atomic E-state index is 14.0. The van der Waals surface area contributed by atoms with Gasteiger partial charge in [0.1, 0.15) is 5.02 Å². The Morgan fingerprint density at radius 2 is 2.10 bits per heavy atom. The second-order valence-electron chi connectivity index (χ2n) is 6.27. The van der Waals surface area contributed by atoms with Crippen LogP contribution in [0, 0.1) is 11.2 Å². The van der Waals surface area contributed by atoms with Gasteiger partial charge in [-0.05, 0) is 44.5 Å². The van der Waals surface area contributed by atoms with Crippen molar-refractivity contribution in [2.24, 2.45) is 5.16 Å². The minimum atomic E-state index is -1.21. The number of carboxylic acids is 1. The van der Waals surface area contributed by atoms with Gasteiger partial charge in [-0.1, -0.05) is 23.7 Å². The van der Waals surface area contributed by atoms with Crippen LogP contribution in [0.4, 0.5) is 4.39 Å². The van der Waals surface area contributed by atoms with Crippen LogP contribution in [0.5, 0.6) is 11.6 Å². The molecule has 2 aromatic rings. The van der Waals surface area contributed by atoms with Crippen molar-refractivity contribution in [3.63, 3.8) is 0 Å². The topological polar surface area (TPSA) is 114 Å². The van der Waals surface area contributed by atoms with Crippen LogP contribution in [0.3, 0.4) is 0 Å². The number of nitrogens with zero attached hydrogens (tertiary/aromatic N) is 2. The number of rotatable bonds is 9. The van der Waals surface area contributed by atoms with Crippen molar-refractivity contribution in [2.75, 3.05) is 6.61 Å². The number of nitrogens with one attached hydrogen (secondary N) is 1. The fraction of sp³-hybridized carbons (Fsp3) is 0.300. The molecule has 0 radical (unpaired) electrons. The molecule has 30 heavy (non-hydrogen) atoms. The fourth-order valence-corrected chi connectivity index (χ4v) is 2.32. The van der Waals surface area contributed by atoms with E-state index in [0.29, 0.717) is 11.3 Å². The summed E-state index contributed by atoms with van der Waals surface area (Å²) in [5, 5.41) is 20.6. The lowest BCUT2D eigenvalue weighted by Crippen LogP contribution is -2.12. The molecule has 1 aromatic carbocycles. The van der Waals surface area contributed by atoms with E-state index in [-0.39, 0.29) is 34.2 Å². The quantitative estimate of drug-likeness (QED) is 0.344. The number of aliphatic carboxylic acids is 1. The van der Waals surface area contributed by atoms with Crippen molar-refractivity contribution in [2.45, 2.75) is 33.3 Å². The minimum absolute atomic E-state index is 0.0508. The molecule has 1 unspecified atom stereocenters. The molecule has 2 N–H and O–H groups in total. The van der Waals surface area contributed by atoms with Crippen LogP contribution in [0.15, 0.2) is 35.6 Å². The zero-order valence-electron chi connectivity index (χ0n) is 16.6. The largest absolute Gasteiger partial charge is 0.479 e. The van der Waals surface area contributed by atoms with E-state index in [4.69, 9.17) is 36.4 Å². The van der Waals surface area contributed by atoms with E-state index in [1.54, 1.807) is 6.92 Å². The van der Waals surface area contributed by atoms with Gasteiger partial charge in [-0.15, -0.1) is 0 Å². The Morgan fingerprint density at radius 3 is 2.70 bits per heavy atom. The van der Waals surface area contributed by atoms with Gasteiger partial charge in [0, 0.05) is 11.8 Å². The molecule has 2 rings (SSSR count). The Labute approximate surface area is 177 Å². The summed E-state index contributed by atoms with van der Waals surface area (Å²) in [4.78, 5) is 19.7. The molecule has 0 amide bonds. The number of halogens is 2. The number of oxime groups is 1. The van der Waals surface area contributed by atoms with Crippen molar-refractivity contribution < 1.29 is 28.6 Å². The third-order valence-electron chi connectivity index (χ3n) is 3.93. The normalized spacial score (nSPS) is 12.2. The Kier molecular flexibility index (Phi) is 8.11. The van der Waals surface area contributed by atoms with E-state index in [1.165, 1.54) is 24.4 Å². The number of ether oxygens (including phenoxy) is 2. The van der Waals surface area contributed by atoms with Crippen LogP contribution in [-0.2, 0) is 9.63 Å². The predicted molar refractivity (Wildman–Crippen MR) is 109 cm³/mol. The third kappa shape index (κ3) is 6.41. The molecule has 0 aliphatic carbocycles. The summed E-state index contributed by atoms with van der Waals surface area (Å²) in [5.41, 5.74) is 0.951. The Balaban J connectivity index is 2.06. The van der Waals surface area contributed by atoms with E-state index >= 15 is 0 Å². The van der Waals surface area contributed by atoms with Crippen molar-refractivity contribution in [1.29, 1.82) is 5.41 Å². The van der Waals surface area contributed by atoms with Crippen molar-refractivity contribution >= 4 is 29.2 Å². The molecule has 0 saturated heterocycles. The second kappa shape index (κ2) is 10.5.